The first-order valence-electron chi connectivity index (χ1n) is 8.37. The molecule has 25 heavy (non-hydrogen) atoms. The fraction of sp³-hybridized carbons (Fsp3) is 0.263. The van der Waals surface area contributed by atoms with Gasteiger partial charge in [0.15, 0.2) is 0 Å². The monoisotopic (exact) mass is 333 g/mol. The van der Waals surface area contributed by atoms with Crippen molar-refractivity contribution in [2.24, 2.45) is 0 Å². The Morgan fingerprint density at radius 2 is 2.12 bits per heavy atom. The Kier molecular flexibility index (Phi) is 4.24. The van der Waals surface area contributed by atoms with Gasteiger partial charge in [-0.15, -0.1) is 5.10 Å². The van der Waals surface area contributed by atoms with Crippen molar-refractivity contribution >= 4 is 5.95 Å². The molecule has 0 N–H and O–H groups in total. The van der Waals surface area contributed by atoms with E-state index in [9.17, 15) is 0 Å². The molecule has 1 aliphatic heterocycles. The van der Waals surface area contributed by atoms with Gasteiger partial charge in [-0.3, -0.25) is 4.98 Å². The molecular formula is C19H19N5O. The first-order valence-corrected chi connectivity index (χ1v) is 8.37. The molecule has 0 aliphatic carbocycles. The number of methoxy groups -OCH3 is 1. The highest BCUT2D eigenvalue weighted by molar-refractivity contribution is 5.61. The molecule has 3 aromatic rings. The van der Waals surface area contributed by atoms with Crippen LogP contribution in [0.3, 0.4) is 0 Å². The van der Waals surface area contributed by atoms with Crippen molar-refractivity contribution in [2.75, 3.05) is 18.6 Å². The lowest BCUT2D eigenvalue weighted by atomic mass is 10.1. The molecule has 0 amide bonds. The molecule has 1 aromatic carbocycles. The summed E-state index contributed by atoms with van der Waals surface area (Å²) in [5, 5.41) is 8.44. The number of aromatic nitrogens is 4. The molecule has 3 heterocycles. The summed E-state index contributed by atoms with van der Waals surface area (Å²) in [6.07, 6.45) is 5.65. The van der Waals surface area contributed by atoms with Crippen molar-refractivity contribution in [3.63, 3.8) is 0 Å². The third kappa shape index (κ3) is 3.15. The third-order valence-corrected chi connectivity index (χ3v) is 4.45. The van der Waals surface area contributed by atoms with Crippen LogP contribution >= 0.6 is 0 Å². The quantitative estimate of drug-likeness (QED) is 0.730. The van der Waals surface area contributed by atoms with Crippen molar-refractivity contribution in [3.8, 4) is 17.0 Å². The summed E-state index contributed by atoms with van der Waals surface area (Å²) in [7, 11) is 1.66. The summed E-state index contributed by atoms with van der Waals surface area (Å²) < 4.78 is 5.30. The summed E-state index contributed by atoms with van der Waals surface area (Å²) in [6, 6.07) is 14.0. The third-order valence-electron chi connectivity index (χ3n) is 4.45. The number of rotatable bonds is 4. The van der Waals surface area contributed by atoms with Crippen molar-refractivity contribution in [2.45, 2.75) is 18.9 Å². The van der Waals surface area contributed by atoms with E-state index in [0.717, 1.165) is 42.1 Å². The van der Waals surface area contributed by atoms with Crippen LogP contribution in [-0.2, 0) is 0 Å². The smallest absolute Gasteiger partial charge is 0.246 e. The van der Waals surface area contributed by atoms with E-state index in [2.05, 4.69) is 26.1 Å². The van der Waals surface area contributed by atoms with Gasteiger partial charge in [0.25, 0.3) is 0 Å². The fourth-order valence-corrected chi connectivity index (χ4v) is 3.22. The summed E-state index contributed by atoms with van der Waals surface area (Å²) in [5.74, 6) is 1.44. The van der Waals surface area contributed by atoms with Crippen LogP contribution in [0.2, 0.25) is 0 Å². The number of benzene rings is 1. The molecule has 6 nitrogen and oxygen atoms in total. The number of hydrogen-bond donors (Lipinski definition) is 0. The molecule has 6 heteroatoms. The SMILES string of the molecule is COc1cccc(-c2cnnc(N3CCC[C@H]3c3ccccn3)n2)c1. The maximum atomic E-state index is 5.30. The standard InChI is InChI=1S/C19H19N5O/c1-25-15-7-4-6-14(12-15)17-13-21-23-19(22-17)24-11-5-9-18(24)16-8-2-3-10-20-16/h2-4,6-8,10,12-13,18H,5,9,11H2,1H3/t18-/m0/s1. The van der Waals surface area contributed by atoms with Crippen LogP contribution in [0.1, 0.15) is 24.6 Å². The van der Waals surface area contributed by atoms with E-state index >= 15 is 0 Å². The van der Waals surface area contributed by atoms with Crippen LogP contribution in [0.25, 0.3) is 11.3 Å². The Morgan fingerprint density at radius 3 is 2.96 bits per heavy atom. The number of hydrogen-bond acceptors (Lipinski definition) is 6. The van der Waals surface area contributed by atoms with Crippen LogP contribution in [0.15, 0.2) is 54.9 Å². The largest absolute Gasteiger partial charge is 0.497 e. The number of ether oxygens (including phenoxy) is 1. The molecule has 0 saturated carbocycles. The zero-order valence-corrected chi connectivity index (χ0v) is 14.0. The minimum atomic E-state index is 0.198. The van der Waals surface area contributed by atoms with Gasteiger partial charge in [-0.2, -0.15) is 5.10 Å². The van der Waals surface area contributed by atoms with Crippen LogP contribution in [0.4, 0.5) is 5.95 Å². The molecule has 0 unspecified atom stereocenters. The van der Waals surface area contributed by atoms with E-state index in [-0.39, 0.29) is 6.04 Å². The molecule has 0 spiro atoms. The first-order chi connectivity index (χ1) is 12.3. The Balaban J connectivity index is 1.67. The fourth-order valence-electron chi connectivity index (χ4n) is 3.22. The number of pyridine rings is 1. The second-order valence-electron chi connectivity index (χ2n) is 5.98. The van der Waals surface area contributed by atoms with Gasteiger partial charge in [-0.05, 0) is 37.1 Å². The van der Waals surface area contributed by atoms with Crippen LogP contribution in [0.5, 0.6) is 5.75 Å². The highest BCUT2D eigenvalue weighted by atomic mass is 16.5. The van der Waals surface area contributed by atoms with Gasteiger partial charge in [0.1, 0.15) is 5.75 Å². The maximum absolute atomic E-state index is 5.30. The summed E-state index contributed by atoms with van der Waals surface area (Å²) in [6.45, 7) is 0.907. The molecule has 2 aromatic heterocycles. The molecule has 126 valence electrons. The van der Waals surface area contributed by atoms with Crippen molar-refractivity contribution in [3.05, 3.63) is 60.6 Å². The van der Waals surface area contributed by atoms with Crippen molar-refractivity contribution in [1.29, 1.82) is 0 Å². The topological polar surface area (TPSA) is 64.0 Å². The van der Waals surface area contributed by atoms with Gasteiger partial charge in [0.05, 0.1) is 30.7 Å². The van der Waals surface area contributed by atoms with E-state index in [1.165, 1.54) is 0 Å². The molecule has 1 aliphatic rings. The predicted molar refractivity (Wildman–Crippen MR) is 95.4 cm³/mol. The van der Waals surface area contributed by atoms with Gasteiger partial charge in [-0.25, -0.2) is 4.98 Å². The second kappa shape index (κ2) is 6.84. The summed E-state index contributed by atoms with van der Waals surface area (Å²) >= 11 is 0. The molecule has 4 rings (SSSR count). The van der Waals surface area contributed by atoms with E-state index < -0.39 is 0 Å². The normalized spacial score (nSPS) is 16.8. The van der Waals surface area contributed by atoms with Gasteiger partial charge in [-0.1, -0.05) is 18.2 Å². The molecule has 1 saturated heterocycles. The minimum Gasteiger partial charge on any atom is -0.497 e. The Labute approximate surface area is 146 Å². The molecular weight excluding hydrogens is 314 g/mol. The average Bonchev–Trinajstić information content (AvgIpc) is 3.19. The molecule has 1 atom stereocenters. The molecule has 0 bridgehead atoms. The Hall–Kier alpha value is -3.02. The van der Waals surface area contributed by atoms with E-state index in [1.54, 1.807) is 13.3 Å². The zero-order chi connectivity index (χ0) is 17.1. The lowest BCUT2D eigenvalue weighted by Crippen LogP contribution is -2.25. The van der Waals surface area contributed by atoms with Gasteiger partial charge < -0.3 is 9.64 Å². The zero-order valence-electron chi connectivity index (χ0n) is 14.0. The second-order valence-corrected chi connectivity index (χ2v) is 5.98. The van der Waals surface area contributed by atoms with Gasteiger partial charge >= 0.3 is 0 Å². The minimum absolute atomic E-state index is 0.198. The van der Waals surface area contributed by atoms with Crippen molar-refractivity contribution in [1.82, 2.24) is 20.2 Å². The maximum Gasteiger partial charge on any atom is 0.246 e. The molecule has 1 fully saturated rings. The highest BCUT2D eigenvalue weighted by Crippen LogP contribution is 2.33. The van der Waals surface area contributed by atoms with Crippen molar-refractivity contribution < 1.29 is 4.74 Å². The van der Waals surface area contributed by atoms with Crippen LogP contribution in [-0.4, -0.2) is 33.8 Å². The molecule has 0 radical (unpaired) electrons. The number of nitrogens with zero attached hydrogens (tertiary/aromatic N) is 5. The van der Waals surface area contributed by atoms with Gasteiger partial charge in [0.2, 0.25) is 5.95 Å². The van der Waals surface area contributed by atoms with Crippen LogP contribution in [0, 0.1) is 0 Å². The Bertz CT molecular complexity index is 855. The van der Waals surface area contributed by atoms with E-state index in [1.807, 2.05) is 42.6 Å². The highest BCUT2D eigenvalue weighted by Gasteiger charge is 2.29. The van der Waals surface area contributed by atoms with E-state index in [4.69, 9.17) is 9.72 Å². The predicted octanol–water partition coefficient (Wildman–Crippen LogP) is 3.28. The Morgan fingerprint density at radius 1 is 1.16 bits per heavy atom. The number of anilines is 1. The lowest BCUT2D eigenvalue weighted by molar-refractivity contribution is 0.415. The lowest BCUT2D eigenvalue weighted by Gasteiger charge is -2.23. The van der Waals surface area contributed by atoms with Crippen LogP contribution < -0.4 is 9.64 Å². The van der Waals surface area contributed by atoms with E-state index in [0.29, 0.717) is 5.95 Å². The van der Waals surface area contributed by atoms with Gasteiger partial charge in [0, 0.05) is 18.3 Å². The summed E-state index contributed by atoms with van der Waals surface area (Å²) in [4.78, 5) is 11.4. The summed E-state index contributed by atoms with van der Waals surface area (Å²) in [5.41, 5.74) is 2.80. The first kappa shape index (κ1) is 15.5. The average molecular weight is 333 g/mol.